The molecule has 0 unspecified atom stereocenters. The summed E-state index contributed by atoms with van der Waals surface area (Å²) in [6.45, 7) is 5.78. The number of nitrogens with zero attached hydrogens (tertiary/aromatic N) is 1. The molecule has 0 bridgehead atoms. The van der Waals surface area contributed by atoms with Gasteiger partial charge in [0.25, 0.3) is 5.91 Å². The van der Waals surface area contributed by atoms with Crippen LogP contribution in [0.25, 0.3) is 5.57 Å². The van der Waals surface area contributed by atoms with E-state index < -0.39 is 0 Å². The van der Waals surface area contributed by atoms with E-state index in [2.05, 4.69) is 5.32 Å². The summed E-state index contributed by atoms with van der Waals surface area (Å²) in [6.07, 6.45) is 2.48. The number of rotatable bonds is 3. The molecule has 1 heterocycles. The van der Waals surface area contributed by atoms with Crippen LogP contribution < -0.4 is 5.32 Å². The Morgan fingerprint density at radius 2 is 1.69 bits per heavy atom. The molecule has 1 aliphatic rings. The smallest absolute Gasteiger partial charge is 0.258 e. The molecule has 0 aromatic heterocycles. The van der Waals surface area contributed by atoms with E-state index in [1.807, 2.05) is 81.6 Å². The van der Waals surface area contributed by atoms with Gasteiger partial charge in [-0.1, -0.05) is 48.5 Å². The highest BCUT2D eigenvalue weighted by atomic mass is 16.2. The maximum Gasteiger partial charge on any atom is 0.258 e. The Bertz CT molecular complexity index is 848. The van der Waals surface area contributed by atoms with Crippen molar-refractivity contribution in [2.75, 3.05) is 6.54 Å². The summed E-state index contributed by atoms with van der Waals surface area (Å²) in [5, 5.41) is 2.92. The molecule has 1 aliphatic heterocycles. The van der Waals surface area contributed by atoms with Gasteiger partial charge in [-0.05, 0) is 43.5 Å². The van der Waals surface area contributed by atoms with Crippen molar-refractivity contribution in [2.45, 2.75) is 32.7 Å². The van der Waals surface area contributed by atoms with Gasteiger partial charge in [-0.2, -0.15) is 0 Å². The topological polar surface area (TPSA) is 49.4 Å². The maximum absolute atomic E-state index is 13.0. The second kappa shape index (κ2) is 7.16. The molecule has 4 nitrogen and oxygen atoms in total. The van der Waals surface area contributed by atoms with Crippen LogP contribution in [0.15, 0.2) is 60.8 Å². The highest BCUT2D eigenvalue weighted by Crippen LogP contribution is 2.27. The van der Waals surface area contributed by atoms with Gasteiger partial charge in [0, 0.05) is 23.7 Å². The average Bonchev–Trinajstić information content (AvgIpc) is 2.72. The molecule has 0 fully saturated rings. The van der Waals surface area contributed by atoms with Gasteiger partial charge in [0.1, 0.15) is 6.54 Å². The fraction of sp³-hybridized carbons (Fsp3) is 0.273. The molecule has 0 radical (unpaired) electrons. The van der Waals surface area contributed by atoms with Crippen molar-refractivity contribution in [3.63, 3.8) is 0 Å². The van der Waals surface area contributed by atoms with Crippen molar-refractivity contribution in [3.8, 4) is 0 Å². The van der Waals surface area contributed by atoms with Gasteiger partial charge >= 0.3 is 0 Å². The Morgan fingerprint density at radius 1 is 1.04 bits per heavy atom. The lowest BCUT2D eigenvalue weighted by Crippen LogP contribution is -2.46. The predicted molar refractivity (Wildman–Crippen MR) is 103 cm³/mol. The van der Waals surface area contributed by atoms with Gasteiger partial charge in [0.15, 0.2) is 0 Å². The van der Waals surface area contributed by atoms with Crippen molar-refractivity contribution in [2.24, 2.45) is 0 Å². The SMILES string of the molecule is CC(C)(C)NC(=O)CN1C=C(c2ccccc2)Cc2ccccc2C1=O. The van der Waals surface area contributed by atoms with Crippen LogP contribution in [0.3, 0.4) is 0 Å². The first-order valence-electron chi connectivity index (χ1n) is 8.79. The second-order valence-corrected chi connectivity index (χ2v) is 7.59. The van der Waals surface area contributed by atoms with Crippen molar-refractivity contribution >= 4 is 17.4 Å². The van der Waals surface area contributed by atoms with E-state index in [1.54, 1.807) is 0 Å². The molecule has 2 aromatic carbocycles. The molecule has 4 heteroatoms. The Hall–Kier alpha value is -2.88. The Labute approximate surface area is 154 Å². The van der Waals surface area contributed by atoms with Gasteiger partial charge in [0.2, 0.25) is 5.91 Å². The van der Waals surface area contributed by atoms with Crippen molar-refractivity contribution in [1.29, 1.82) is 0 Å². The van der Waals surface area contributed by atoms with E-state index in [0.717, 1.165) is 16.7 Å². The van der Waals surface area contributed by atoms with Gasteiger partial charge in [-0.15, -0.1) is 0 Å². The number of carbonyl (C=O) groups is 2. The number of carbonyl (C=O) groups excluding carboxylic acids is 2. The first-order chi connectivity index (χ1) is 12.3. The number of hydrogen-bond acceptors (Lipinski definition) is 2. The zero-order valence-electron chi connectivity index (χ0n) is 15.5. The number of benzene rings is 2. The van der Waals surface area contributed by atoms with Crippen molar-refractivity contribution in [1.82, 2.24) is 10.2 Å². The third-order valence-corrected chi connectivity index (χ3v) is 4.17. The van der Waals surface area contributed by atoms with Crippen molar-refractivity contribution < 1.29 is 9.59 Å². The van der Waals surface area contributed by atoms with Crippen LogP contribution in [0.5, 0.6) is 0 Å². The van der Waals surface area contributed by atoms with Crippen LogP contribution in [-0.4, -0.2) is 28.8 Å². The lowest BCUT2D eigenvalue weighted by molar-refractivity contribution is -0.122. The van der Waals surface area contributed by atoms with Crippen LogP contribution >= 0.6 is 0 Å². The van der Waals surface area contributed by atoms with Gasteiger partial charge < -0.3 is 10.2 Å². The number of nitrogens with one attached hydrogen (secondary N) is 1. The minimum Gasteiger partial charge on any atom is -0.350 e. The average molecular weight is 348 g/mol. The van der Waals surface area contributed by atoms with E-state index in [-0.39, 0.29) is 23.9 Å². The van der Waals surface area contributed by atoms with E-state index in [9.17, 15) is 9.59 Å². The van der Waals surface area contributed by atoms with E-state index in [4.69, 9.17) is 0 Å². The summed E-state index contributed by atoms with van der Waals surface area (Å²) in [7, 11) is 0. The van der Waals surface area contributed by atoms with Crippen molar-refractivity contribution in [3.05, 3.63) is 77.5 Å². The molecule has 26 heavy (non-hydrogen) atoms. The van der Waals surface area contributed by atoms with Gasteiger partial charge in [0.05, 0.1) is 0 Å². The minimum atomic E-state index is -0.337. The van der Waals surface area contributed by atoms with Crippen LogP contribution in [0.2, 0.25) is 0 Å². The molecule has 0 saturated heterocycles. The number of amides is 2. The molecule has 0 aliphatic carbocycles. The quantitative estimate of drug-likeness (QED) is 0.921. The largest absolute Gasteiger partial charge is 0.350 e. The Balaban J connectivity index is 1.97. The molecule has 0 saturated carbocycles. The molecule has 2 amide bonds. The third kappa shape index (κ3) is 4.20. The standard InChI is InChI=1S/C22H24N2O2/c1-22(2,3)23-20(25)15-24-14-18(16-9-5-4-6-10-16)13-17-11-7-8-12-19(17)21(24)26/h4-12,14H,13,15H2,1-3H3,(H,23,25). The summed E-state index contributed by atoms with van der Waals surface area (Å²) in [4.78, 5) is 26.9. The Morgan fingerprint density at radius 3 is 2.38 bits per heavy atom. The van der Waals surface area contributed by atoms with Crippen LogP contribution in [0.4, 0.5) is 0 Å². The van der Waals surface area contributed by atoms with Gasteiger partial charge in [-0.3, -0.25) is 9.59 Å². The predicted octanol–water partition coefficient (Wildman–Crippen LogP) is 3.64. The van der Waals surface area contributed by atoms with Crippen LogP contribution in [0.1, 0.15) is 42.3 Å². The lowest BCUT2D eigenvalue weighted by Gasteiger charge is -2.24. The molecular weight excluding hydrogens is 324 g/mol. The monoisotopic (exact) mass is 348 g/mol. The molecule has 3 rings (SSSR count). The summed E-state index contributed by atoms with van der Waals surface area (Å²) in [5.74, 6) is -0.315. The summed E-state index contributed by atoms with van der Waals surface area (Å²) in [6, 6.07) is 17.6. The summed E-state index contributed by atoms with van der Waals surface area (Å²) in [5.41, 5.74) is 3.37. The molecule has 0 spiro atoms. The molecule has 0 atom stereocenters. The molecule has 134 valence electrons. The summed E-state index contributed by atoms with van der Waals surface area (Å²) >= 11 is 0. The highest BCUT2D eigenvalue weighted by molar-refractivity contribution is 6.00. The number of allylic oxidation sites excluding steroid dienone is 1. The summed E-state index contributed by atoms with van der Waals surface area (Å²) < 4.78 is 0. The molecule has 1 N–H and O–H groups in total. The van der Waals surface area contributed by atoms with E-state index in [1.165, 1.54) is 4.90 Å². The molecular formula is C22H24N2O2. The third-order valence-electron chi connectivity index (χ3n) is 4.17. The zero-order chi connectivity index (χ0) is 18.7. The normalized spacial score (nSPS) is 14.3. The van der Waals surface area contributed by atoms with E-state index in [0.29, 0.717) is 12.0 Å². The van der Waals surface area contributed by atoms with Crippen LogP contribution in [0, 0.1) is 0 Å². The Kier molecular flexibility index (Phi) is 4.94. The first-order valence-corrected chi connectivity index (χ1v) is 8.79. The molecule has 2 aromatic rings. The zero-order valence-corrected chi connectivity index (χ0v) is 15.5. The number of hydrogen-bond donors (Lipinski definition) is 1. The van der Waals surface area contributed by atoms with Gasteiger partial charge in [-0.25, -0.2) is 0 Å². The van der Waals surface area contributed by atoms with Crippen LogP contribution in [-0.2, 0) is 11.2 Å². The minimum absolute atomic E-state index is 0.000765. The first kappa shape index (κ1) is 17.9. The fourth-order valence-electron chi connectivity index (χ4n) is 3.09. The lowest BCUT2D eigenvalue weighted by atomic mass is 9.97. The van der Waals surface area contributed by atoms with E-state index >= 15 is 0 Å². The second-order valence-electron chi connectivity index (χ2n) is 7.59. The number of fused-ring (bicyclic) bond motifs is 1. The maximum atomic E-state index is 13.0. The highest BCUT2D eigenvalue weighted by Gasteiger charge is 2.25. The fourth-order valence-corrected chi connectivity index (χ4v) is 3.09.